The zero-order valence-corrected chi connectivity index (χ0v) is 10.1. The lowest BCUT2D eigenvalue weighted by atomic mass is 10.2. The average Bonchev–Trinajstić information content (AvgIpc) is 2.27. The average molecular weight is 271 g/mol. The van der Waals surface area contributed by atoms with E-state index in [2.05, 4.69) is 6.58 Å². The first kappa shape index (κ1) is 14.0. The van der Waals surface area contributed by atoms with Crippen molar-refractivity contribution in [1.29, 1.82) is 0 Å². The van der Waals surface area contributed by atoms with Crippen LogP contribution in [-0.4, -0.2) is 29.1 Å². The quantitative estimate of drug-likeness (QED) is 0.487. The second-order valence-electron chi connectivity index (χ2n) is 3.45. The summed E-state index contributed by atoms with van der Waals surface area (Å²) >= 11 is 5.78. The molecule has 7 heteroatoms. The molecule has 0 radical (unpaired) electrons. The zero-order chi connectivity index (χ0) is 13.7. The summed E-state index contributed by atoms with van der Waals surface area (Å²) in [7, 11) is 0. The van der Waals surface area contributed by atoms with Crippen LogP contribution < -0.4 is 4.90 Å². The van der Waals surface area contributed by atoms with E-state index in [1.54, 1.807) is 0 Å². The summed E-state index contributed by atoms with van der Waals surface area (Å²) in [5.74, 6) is -1.09. The Hall–Kier alpha value is -2.08. The molecule has 0 spiro atoms. The van der Waals surface area contributed by atoms with E-state index in [1.165, 1.54) is 29.2 Å². The Bertz CT molecular complexity index is 490. The van der Waals surface area contributed by atoms with Crippen molar-refractivity contribution in [3.05, 3.63) is 46.0 Å². The third-order valence-corrected chi connectivity index (χ3v) is 2.39. The van der Waals surface area contributed by atoms with Gasteiger partial charge in [0.1, 0.15) is 12.2 Å². The third-order valence-electron chi connectivity index (χ3n) is 2.15. The monoisotopic (exact) mass is 270 g/mol. The van der Waals surface area contributed by atoms with E-state index < -0.39 is 10.9 Å². The summed E-state index contributed by atoms with van der Waals surface area (Å²) in [4.78, 5) is 22.4. The van der Waals surface area contributed by atoms with Crippen LogP contribution in [0.1, 0.15) is 0 Å². The highest BCUT2D eigenvalue weighted by Gasteiger charge is 2.20. The van der Waals surface area contributed by atoms with Crippen molar-refractivity contribution in [1.82, 2.24) is 0 Å². The highest BCUT2D eigenvalue weighted by Crippen LogP contribution is 2.30. The number of carboxylic acids is 1. The molecular formula is C11H11ClN2O4. The van der Waals surface area contributed by atoms with Gasteiger partial charge in [0, 0.05) is 17.6 Å². The minimum atomic E-state index is -1.09. The molecule has 0 saturated heterocycles. The van der Waals surface area contributed by atoms with Gasteiger partial charge in [-0.2, -0.15) is 0 Å². The summed E-state index contributed by atoms with van der Waals surface area (Å²) in [5, 5.41) is 20.0. The Morgan fingerprint density at radius 3 is 2.78 bits per heavy atom. The number of carboxylic acid groups (broad SMARTS) is 1. The van der Waals surface area contributed by atoms with Crippen molar-refractivity contribution in [3.8, 4) is 0 Å². The molecular weight excluding hydrogens is 260 g/mol. The van der Waals surface area contributed by atoms with E-state index in [1.807, 2.05) is 0 Å². The third kappa shape index (κ3) is 3.46. The summed E-state index contributed by atoms with van der Waals surface area (Å²) in [6, 6.07) is 4.00. The van der Waals surface area contributed by atoms with Crippen LogP contribution in [-0.2, 0) is 4.79 Å². The molecule has 0 atom stereocenters. The lowest BCUT2D eigenvalue weighted by Gasteiger charge is -2.20. The Kier molecular flexibility index (Phi) is 4.67. The smallest absolute Gasteiger partial charge is 0.323 e. The van der Waals surface area contributed by atoms with Crippen LogP contribution >= 0.6 is 11.6 Å². The van der Waals surface area contributed by atoms with Gasteiger partial charge < -0.3 is 10.0 Å². The lowest BCUT2D eigenvalue weighted by Crippen LogP contribution is -2.30. The maximum atomic E-state index is 10.9. The molecule has 0 aliphatic rings. The Morgan fingerprint density at radius 1 is 1.61 bits per heavy atom. The molecule has 0 bridgehead atoms. The normalized spacial score (nSPS) is 9.83. The van der Waals surface area contributed by atoms with Gasteiger partial charge in [-0.05, 0) is 12.1 Å². The number of hydrogen-bond acceptors (Lipinski definition) is 4. The Morgan fingerprint density at radius 2 is 2.28 bits per heavy atom. The number of anilines is 1. The number of rotatable bonds is 6. The predicted molar refractivity (Wildman–Crippen MR) is 68.2 cm³/mol. The molecule has 1 aromatic carbocycles. The first-order valence-electron chi connectivity index (χ1n) is 4.97. The van der Waals surface area contributed by atoms with Gasteiger partial charge >= 0.3 is 5.97 Å². The number of hydrogen-bond donors (Lipinski definition) is 1. The van der Waals surface area contributed by atoms with Crippen molar-refractivity contribution in [3.63, 3.8) is 0 Å². The zero-order valence-electron chi connectivity index (χ0n) is 9.38. The van der Waals surface area contributed by atoms with Crippen LogP contribution in [0.2, 0.25) is 5.02 Å². The van der Waals surface area contributed by atoms with Crippen LogP contribution in [0.25, 0.3) is 0 Å². The fraction of sp³-hybridized carbons (Fsp3) is 0.182. The molecule has 0 heterocycles. The van der Waals surface area contributed by atoms with Gasteiger partial charge in [-0.15, -0.1) is 6.58 Å². The van der Waals surface area contributed by atoms with Crippen molar-refractivity contribution in [2.75, 3.05) is 18.0 Å². The van der Waals surface area contributed by atoms with Crippen LogP contribution in [0.5, 0.6) is 0 Å². The molecule has 0 aromatic heterocycles. The van der Waals surface area contributed by atoms with E-state index in [0.29, 0.717) is 5.02 Å². The van der Waals surface area contributed by atoms with Crippen molar-refractivity contribution < 1.29 is 14.8 Å². The van der Waals surface area contributed by atoms with Gasteiger partial charge in [0.15, 0.2) is 0 Å². The summed E-state index contributed by atoms with van der Waals surface area (Å²) in [6.07, 6.45) is 1.47. The molecule has 0 unspecified atom stereocenters. The minimum Gasteiger partial charge on any atom is -0.480 e. The Balaban J connectivity index is 3.23. The van der Waals surface area contributed by atoms with Crippen LogP contribution in [0.15, 0.2) is 30.9 Å². The van der Waals surface area contributed by atoms with E-state index in [0.717, 1.165) is 0 Å². The van der Waals surface area contributed by atoms with Gasteiger partial charge in [-0.1, -0.05) is 17.7 Å². The van der Waals surface area contributed by atoms with Gasteiger partial charge in [0.25, 0.3) is 5.69 Å². The molecule has 0 amide bonds. The molecule has 0 aliphatic carbocycles. The molecule has 1 aromatic rings. The maximum absolute atomic E-state index is 10.9. The Labute approximate surface area is 108 Å². The molecule has 96 valence electrons. The fourth-order valence-electron chi connectivity index (χ4n) is 1.47. The SMILES string of the molecule is C=CCN(CC(=O)O)c1cc(Cl)ccc1[N+](=O)[O-]. The van der Waals surface area contributed by atoms with E-state index in [9.17, 15) is 14.9 Å². The summed E-state index contributed by atoms with van der Waals surface area (Å²) in [5.41, 5.74) is -0.0303. The molecule has 6 nitrogen and oxygen atoms in total. The van der Waals surface area contributed by atoms with Crippen LogP contribution in [0, 0.1) is 10.1 Å². The number of benzene rings is 1. The molecule has 1 rings (SSSR count). The molecule has 1 N–H and O–H groups in total. The summed E-state index contributed by atoms with van der Waals surface area (Å²) in [6.45, 7) is 3.30. The number of carbonyl (C=O) groups is 1. The molecule has 0 saturated carbocycles. The first-order chi connectivity index (χ1) is 8.45. The highest BCUT2D eigenvalue weighted by molar-refractivity contribution is 6.31. The maximum Gasteiger partial charge on any atom is 0.323 e. The molecule has 0 aliphatic heterocycles. The lowest BCUT2D eigenvalue weighted by molar-refractivity contribution is -0.384. The first-order valence-corrected chi connectivity index (χ1v) is 5.35. The van der Waals surface area contributed by atoms with Gasteiger partial charge in [0.05, 0.1) is 4.92 Å². The molecule has 0 fully saturated rings. The number of aliphatic carboxylic acids is 1. The molecule has 18 heavy (non-hydrogen) atoms. The second kappa shape index (κ2) is 6.02. The number of nitro groups is 1. The highest BCUT2D eigenvalue weighted by atomic mass is 35.5. The topological polar surface area (TPSA) is 83.7 Å². The van der Waals surface area contributed by atoms with Gasteiger partial charge in [0.2, 0.25) is 0 Å². The fourth-order valence-corrected chi connectivity index (χ4v) is 1.64. The summed E-state index contributed by atoms with van der Waals surface area (Å²) < 4.78 is 0. The minimum absolute atomic E-state index is 0.162. The predicted octanol–water partition coefficient (Wildman–Crippen LogP) is 2.33. The largest absolute Gasteiger partial charge is 0.480 e. The number of nitrogens with zero attached hydrogens (tertiary/aromatic N) is 2. The second-order valence-corrected chi connectivity index (χ2v) is 3.89. The van der Waals surface area contributed by atoms with Crippen LogP contribution in [0.3, 0.4) is 0 Å². The number of nitro benzene ring substituents is 1. The van der Waals surface area contributed by atoms with Crippen molar-refractivity contribution in [2.24, 2.45) is 0 Å². The van der Waals surface area contributed by atoms with Gasteiger partial charge in [-0.25, -0.2) is 0 Å². The standard InChI is InChI=1S/C11H11ClN2O4/c1-2-5-13(7-11(15)16)10-6-8(12)3-4-9(10)14(17)18/h2-4,6H,1,5,7H2,(H,15,16). The van der Waals surface area contributed by atoms with Crippen molar-refractivity contribution >= 4 is 28.9 Å². The van der Waals surface area contributed by atoms with E-state index in [4.69, 9.17) is 16.7 Å². The van der Waals surface area contributed by atoms with Crippen molar-refractivity contribution in [2.45, 2.75) is 0 Å². The van der Waals surface area contributed by atoms with E-state index in [-0.39, 0.29) is 24.5 Å². The number of halogens is 1. The van der Waals surface area contributed by atoms with Gasteiger partial charge in [-0.3, -0.25) is 14.9 Å². The van der Waals surface area contributed by atoms with Crippen LogP contribution in [0.4, 0.5) is 11.4 Å². The van der Waals surface area contributed by atoms with E-state index >= 15 is 0 Å².